The minimum Gasteiger partial charge on any atom is -0.497 e. The Bertz CT molecular complexity index is 1130. The molecule has 0 aliphatic heterocycles. The molecule has 0 N–H and O–H groups in total. The van der Waals surface area contributed by atoms with Crippen molar-refractivity contribution in [3.8, 4) is 5.75 Å². The summed E-state index contributed by atoms with van der Waals surface area (Å²) in [5.74, 6) is -0.0245. The van der Waals surface area contributed by atoms with Gasteiger partial charge in [-0.25, -0.2) is 18.2 Å². The molecule has 148 valence electrons. The van der Waals surface area contributed by atoms with Crippen molar-refractivity contribution in [3.05, 3.63) is 83.0 Å². The van der Waals surface area contributed by atoms with Crippen molar-refractivity contribution >= 4 is 33.6 Å². The highest BCUT2D eigenvalue weighted by Gasteiger charge is 2.18. The van der Waals surface area contributed by atoms with Crippen molar-refractivity contribution in [2.45, 2.75) is 9.92 Å². The number of ether oxygens (including phenoxy) is 1. The Kier molecular flexibility index (Phi) is 6.26. The van der Waals surface area contributed by atoms with Gasteiger partial charge in [-0.2, -0.15) is 0 Å². The third kappa shape index (κ3) is 4.98. The molecule has 0 aliphatic rings. The average Bonchev–Trinajstić information content (AvgIpc) is 2.74. The molecule has 0 saturated heterocycles. The third-order valence-electron chi connectivity index (χ3n) is 3.82. The summed E-state index contributed by atoms with van der Waals surface area (Å²) in [6.45, 7) is 0. The van der Waals surface area contributed by atoms with E-state index in [0.29, 0.717) is 21.9 Å². The summed E-state index contributed by atoms with van der Waals surface area (Å²) in [4.78, 5) is 20.8. The van der Waals surface area contributed by atoms with Crippen LogP contribution in [0.5, 0.6) is 5.75 Å². The van der Waals surface area contributed by atoms with E-state index in [2.05, 4.69) is 10.1 Å². The van der Waals surface area contributed by atoms with E-state index >= 15 is 0 Å². The number of aromatic nitrogens is 1. The molecule has 0 bridgehead atoms. The van der Waals surface area contributed by atoms with E-state index in [0.717, 1.165) is 0 Å². The zero-order chi connectivity index (χ0) is 20.9. The molecule has 0 radical (unpaired) electrons. The van der Waals surface area contributed by atoms with Crippen LogP contribution in [-0.2, 0) is 14.7 Å². The first kappa shape index (κ1) is 20.5. The summed E-state index contributed by atoms with van der Waals surface area (Å²) in [7, 11) is -2.23. The number of benzene rings is 2. The second kappa shape index (κ2) is 8.85. The first-order valence-corrected chi connectivity index (χ1v) is 10.1. The molecule has 9 heteroatoms. The van der Waals surface area contributed by atoms with Gasteiger partial charge in [0.2, 0.25) is 9.84 Å². The van der Waals surface area contributed by atoms with Crippen LogP contribution >= 0.6 is 11.6 Å². The Morgan fingerprint density at radius 1 is 1.03 bits per heavy atom. The lowest BCUT2D eigenvalue weighted by atomic mass is 10.2. The fourth-order valence-corrected chi connectivity index (χ4v) is 3.58. The van der Waals surface area contributed by atoms with Gasteiger partial charge in [0.15, 0.2) is 5.03 Å². The second-order valence-corrected chi connectivity index (χ2v) is 8.06. The highest BCUT2D eigenvalue weighted by Crippen LogP contribution is 2.21. The Labute approximate surface area is 172 Å². The number of halogens is 1. The van der Waals surface area contributed by atoms with E-state index in [-0.39, 0.29) is 9.92 Å². The van der Waals surface area contributed by atoms with Crippen LogP contribution in [0.3, 0.4) is 0 Å². The van der Waals surface area contributed by atoms with Crippen LogP contribution in [0.15, 0.2) is 81.9 Å². The van der Waals surface area contributed by atoms with Crippen molar-refractivity contribution < 1.29 is 22.8 Å². The zero-order valence-corrected chi connectivity index (χ0v) is 16.7. The van der Waals surface area contributed by atoms with Crippen LogP contribution in [0, 0.1) is 0 Å². The van der Waals surface area contributed by atoms with Crippen molar-refractivity contribution in [3.63, 3.8) is 0 Å². The minimum atomic E-state index is -3.76. The zero-order valence-electron chi connectivity index (χ0n) is 15.2. The van der Waals surface area contributed by atoms with Crippen molar-refractivity contribution in [1.29, 1.82) is 0 Å². The molecule has 0 unspecified atom stereocenters. The van der Waals surface area contributed by atoms with Crippen molar-refractivity contribution in [2.75, 3.05) is 7.11 Å². The van der Waals surface area contributed by atoms with E-state index in [1.807, 2.05) is 0 Å². The van der Waals surface area contributed by atoms with Crippen molar-refractivity contribution in [2.24, 2.45) is 5.16 Å². The predicted molar refractivity (Wildman–Crippen MR) is 107 cm³/mol. The van der Waals surface area contributed by atoms with Gasteiger partial charge in [0, 0.05) is 16.8 Å². The number of carbonyl (C=O) groups is 1. The number of sulfone groups is 1. The standard InChI is InChI=1S/C20H15ClN2O5S/c1-27-17-7-3-15(4-8-17)20(24)28-23-13-14-2-11-19(22-12-14)29(25,26)18-9-5-16(21)6-10-18/h2-13H,1H3. The van der Waals surface area contributed by atoms with E-state index in [9.17, 15) is 13.2 Å². The lowest BCUT2D eigenvalue weighted by Crippen LogP contribution is -2.05. The second-order valence-electron chi connectivity index (χ2n) is 5.73. The maximum absolute atomic E-state index is 12.5. The normalized spacial score (nSPS) is 11.4. The van der Waals surface area contributed by atoms with Gasteiger partial charge in [0.25, 0.3) is 0 Å². The number of pyridine rings is 1. The van der Waals surface area contributed by atoms with Gasteiger partial charge in [-0.1, -0.05) is 16.8 Å². The molecule has 1 aromatic heterocycles. The lowest BCUT2D eigenvalue weighted by Gasteiger charge is -2.04. The highest BCUT2D eigenvalue weighted by atomic mass is 35.5. The Balaban J connectivity index is 1.66. The lowest BCUT2D eigenvalue weighted by molar-refractivity contribution is 0.0519. The molecule has 3 aromatic rings. The number of methoxy groups -OCH3 is 1. The highest BCUT2D eigenvalue weighted by molar-refractivity contribution is 7.91. The van der Waals surface area contributed by atoms with Gasteiger partial charge in [0.1, 0.15) is 5.75 Å². The van der Waals surface area contributed by atoms with Crippen LogP contribution in [0.25, 0.3) is 0 Å². The molecule has 0 fully saturated rings. The fraction of sp³-hybridized carbons (Fsp3) is 0.0500. The number of nitrogens with zero attached hydrogens (tertiary/aromatic N) is 2. The molecule has 1 heterocycles. The first-order chi connectivity index (χ1) is 13.9. The van der Waals surface area contributed by atoms with Gasteiger partial charge in [-0.05, 0) is 60.7 Å². The summed E-state index contributed by atoms with van der Waals surface area (Å²) >= 11 is 5.79. The quantitative estimate of drug-likeness (QED) is 0.335. The fourth-order valence-electron chi connectivity index (χ4n) is 2.28. The number of hydrogen-bond donors (Lipinski definition) is 0. The molecule has 0 saturated carbocycles. The maximum Gasteiger partial charge on any atom is 0.365 e. The number of carbonyl (C=O) groups excluding carboxylic acids is 1. The Morgan fingerprint density at radius 2 is 1.72 bits per heavy atom. The molecule has 2 aromatic carbocycles. The van der Waals surface area contributed by atoms with Crippen LogP contribution in [0.1, 0.15) is 15.9 Å². The smallest absolute Gasteiger partial charge is 0.365 e. The van der Waals surface area contributed by atoms with Gasteiger partial charge >= 0.3 is 5.97 Å². The van der Waals surface area contributed by atoms with Crippen LogP contribution in [0.4, 0.5) is 0 Å². The summed E-state index contributed by atoms with van der Waals surface area (Å²) in [6.07, 6.45) is 2.57. The Morgan fingerprint density at radius 3 is 2.31 bits per heavy atom. The molecule has 0 aliphatic carbocycles. The summed E-state index contributed by atoms with van der Waals surface area (Å²) in [5, 5.41) is 3.93. The summed E-state index contributed by atoms with van der Waals surface area (Å²) in [5.41, 5.74) is 0.771. The average molecular weight is 431 g/mol. The molecule has 3 rings (SSSR count). The van der Waals surface area contributed by atoms with Gasteiger partial charge in [-0.3, -0.25) is 0 Å². The number of rotatable bonds is 6. The maximum atomic E-state index is 12.5. The van der Waals surface area contributed by atoms with E-state index in [4.69, 9.17) is 21.2 Å². The molecule has 0 amide bonds. The van der Waals surface area contributed by atoms with Crippen LogP contribution in [0.2, 0.25) is 5.02 Å². The van der Waals surface area contributed by atoms with Gasteiger partial charge in [-0.15, -0.1) is 0 Å². The molecule has 0 atom stereocenters. The van der Waals surface area contributed by atoms with E-state index in [1.54, 1.807) is 24.3 Å². The third-order valence-corrected chi connectivity index (χ3v) is 5.76. The monoisotopic (exact) mass is 430 g/mol. The first-order valence-electron chi connectivity index (χ1n) is 8.25. The largest absolute Gasteiger partial charge is 0.497 e. The van der Waals surface area contributed by atoms with Crippen LogP contribution in [-0.4, -0.2) is 32.7 Å². The van der Waals surface area contributed by atoms with Gasteiger partial charge in [0.05, 0.1) is 23.8 Å². The number of hydrogen-bond acceptors (Lipinski definition) is 7. The van der Waals surface area contributed by atoms with Crippen LogP contribution < -0.4 is 4.74 Å². The summed E-state index contributed by atoms with van der Waals surface area (Å²) in [6, 6.07) is 15.0. The molecule has 7 nitrogen and oxygen atoms in total. The van der Waals surface area contributed by atoms with E-state index in [1.165, 1.54) is 55.9 Å². The van der Waals surface area contributed by atoms with E-state index < -0.39 is 15.8 Å². The summed E-state index contributed by atoms with van der Waals surface area (Å²) < 4.78 is 30.1. The molecular formula is C20H15ClN2O5S. The minimum absolute atomic E-state index is 0.0873. The van der Waals surface area contributed by atoms with Gasteiger partial charge < -0.3 is 9.57 Å². The Hall–Kier alpha value is -3.23. The molecule has 29 heavy (non-hydrogen) atoms. The SMILES string of the molecule is COc1ccc(C(=O)ON=Cc2ccc(S(=O)(=O)c3ccc(Cl)cc3)nc2)cc1. The number of oxime groups is 1. The molecule has 0 spiro atoms. The molecular weight excluding hydrogens is 416 g/mol. The van der Waals surface area contributed by atoms with Crippen molar-refractivity contribution in [1.82, 2.24) is 4.98 Å². The predicted octanol–water partition coefficient (Wildman–Crippen LogP) is 3.77. The topological polar surface area (TPSA) is 94.9 Å².